The van der Waals surface area contributed by atoms with Crippen LogP contribution in [0.15, 0.2) is 16.8 Å². The maximum Gasteiger partial charge on any atom is 0.237 e. The largest absolute Gasteiger partial charge is 0.335 e. The molecule has 4 rings (SSSR count). The molecule has 1 amide bonds. The molecule has 1 atom stereocenters. The molecular weight excluding hydrogens is 406 g/mol. The lowest BCUT2D eigenvalue weighted by molar-refractivity contribution is -0.138. The van der Waals surface area contributed by atoms with Gasteiger partial charge in [0.1, 0.15) is 0 Å². The minimum Gasteiger partial charge on any atom is -0.335 e. The summed E-state index contributed by atoms with van der Waals surface area (Å²) in [6, 6.07) is 2.29. The Balaban J connectivity index is 1.34. The van der Waals surface area contributed by atoms with Gasteiger partial charge in [0.2, 0.25) is 5.91 Å². The summed E-state index contributed by atoms with van der Waals surface area (Å²) < 4.78 is 24.1. The van der Waals surface area contributed by atoms with Gasteiger partial charge in [0, 0.05) is 44.8 Å². The summed E-state index contributed by atoms with van der Waals surface area (Å²) in [7, 11) is -2.99. The van der Waals surface area contributed by atoms with Crippen molar-refractivity contribution in [1.82, 2.24) is 14.7 Å². The van der Waals surface area contributed by atoms with Crippen LogP contribution >= 0.6 is 11.3 Å². The summed E-state index contributed by atoms with van der Waals surface area (Å²) in [6.45, 7) is 5.17. The van der Waals surface area contributed by atoms with E-state index >= 15 is 0 Å². The molecule has 0 radical (unpaired) electrons. The fraction of sp³-hybridized carbons (Fsp3) is 0.762. The first-order valence-electron chi connectivity index (χ1n) is 11.0. The molecule has 1 aromatic heterocycles. The zero-order valence-electron chi connectivity index (χ0n) is 17.2. The molecule has 0 N–H and O–H groups in total. The van der Waals surface area contributed by atoms with Crippen molar-refractivity contribution in [2.24, 2.45) is 0 Å². The van der Waals surface area contributed by atoms with Crippen LogP contribution in [0.25, 0.3) is 0 Å². The zero-order valence-corrected chi connectivity index (χ0v) is 18.8. The van der Waals surface area contributed by atoms with Gasteiger partial charge in [-0.1, -0.05) is 19.3 Å². The molecule has 0 unspecified atom stereocenters. The summed E-state index contributed by atoms with van der Waals surface area (Å²) >= 11 is 1.74. The Kier molecular flexibility index (Phi) is 6.94. The van der Waals surface area contributed by atoms with Gasteiger partial charge in [0.15, 0.2) is 9.84 Å². The normalized spacial score (nSPS) is 26.6. The molecule has 3 fully saturated rings. The van der Waals surface area contributed by atoms with E-state index in [2.05, 4.69) is 26.6 Å². The Bertz CT molecular complexity index is 767. The first-order chi connectivity index (χ1) is 14.0. The van der Waals surface area contributed by atoms with E-state index in [-0.39, 0.29) is 29.5 Å². The number of carbonyl (C=O) groups is 1. The number of thiophene rings is 1. The first kappa shape index (κ1) is 21.3. The minimum atomic E-state index is -2.99. The predicted octanol–water partition coefficient (Wildman–Crippen LogP) is 2.21. The molecule has 1 aliphatic carbocycles. The molecule has 0 spiro atoms. The number of hydrogen-bond donors (Lipinski definition) is 0. The van der Waals surface area contributed by atoms with E-state index < -0.39 is 9.84 Å². The van der Waals surface area contributed by atoms with Gasteiger partial charge >= 0.3 is 0 Å². The van der Waals surface area contributed by atoms with Crippen molar-refractivity contribution in [3.8, 4) is 0 Å². The highest BCUT2D eigenvalue weighted by atomic mass is 32.2. The maximum atomic E-state index is 13.3. The van der Waals surface area contributed by atoms with Gasteiger partial charge in [0.25, 0.3) is 0 Å². The van der Waals surface area contributed by atoms with Crippen molar-refractivity contribution >= 4 is 27.1 Å². The van der Waals surface area contributed by atoms with E-state index in [1.54, 1.807) is 11.3 Å². The Hall–Kier alpha value is -0.960. The highest BCUT2D eigenvalue weighted by molar-refractivity contribution is 7.91. The molecule has 2 saturated heterocycles. The number of nitrogens with zero attached hydrogens (tertiary/aromatic N) is 3. The molecule has 29 heavy (non-hydrogen) atoms. The average Bonchev–Trinajstić information content (AvgIpc) is 3.34. The topological polar surface area (TPSA) is 60.9 Å². The lowest BCUT2D eigenvalue weighted by atomic mass is 9.92. The monoisotopic (exact) mass is 439 g/mol. The number of carbonyl (C=O) groups excluding carboxylic acids is 1. The van der Waals surface area contributed by atoms with Crippen molar-refractivity contribution in [3.05, 3.63) is 22.4 Å². The summed E-state index contributed by atoms with van der Waals surface area (Å²) in [5.41, 5.74) is 1.37. The third-order valence-corrected chi connectivity index (χ3v) is 9.15. The third-order valence-electron chi connectivity index (χ3n) is 6.67. The van der Waals surface area contributed by atoms with Crippen molar-refractivity contribution in [2.75, 3.05) is 44.2 Å². The van der Waals surface area contributed by atoms with E-state index in [0.29, 0.717) is 13.0 Å². The quantitative estimate of drug-likeness (QED) is 0.680. The first-order valence-corrected chi connectivity index (χ1v) is 13.7. The van der Waals surface area contributed by atoms with Crippen LogP contribution < -0.4 is 0 Å². The van der Waals surface area contributed by atoms with Gasteiger partial charge in [-0.3, -0.25) is 14.6 Å². The second-order valence-corrected chi connectivity index (χ2v) is 11.8. The van der Waals surface area contributed by atoms with E-state index in [9.17, 15) is 13.2 Å². The van der Waals surface area contributed by atoms with Crippen molar-refractivity contribution < 1.29 is 13.2 Å². The highest BCUT2D eigenvalue weighted by Gasteiger charge is 2.39. The number of amides is 1. The van der Waals surface area contributed by atoms with Crippen LogP contribution in [-0.2, 0) is 21.2 Å². The average molecular weight is 440 g/mol. The van der Waals surface area contributed by atoms with E-state index in [1.807, 2.05) is 4.90 Å². The van der Waals surface area contributed by atoms with Gasteiger partial charge in [-0.25, -0.2) is 8.42 Å². The molecule has 2 aliphatic heterocycles. The predicted molar refractivity (Wildman–Crippen MR) is 117 cm³/mol. The molecule has 1 saturated carbocycles. The second kappa shape index (κ2) is 9.45. The standard InChI is InChI=1S/C21H33N3O3S2/c25-21(15-23-10-8-22(9-11-23)14-18-6-12-28-16-18)24(19-4-2-1-3-5-19)20-7-13-29(26,27)17-20/h6,12,16,19-20H,1-5,7-11,13-15,17H2/t20-/m0/s1. The summed E-state index contributed by atoms with van der Waals surface area (Å²) in [5.74, 6) is 0.532. The lowest BCUT2D eigenvalue weighted by Crippen LogP contribution is -2.54. The fourth-order valence-corrected chi connectivity index (χ4v) is 7.45. The van der Waals surface area contributed by atoms with E-state index in [1.165, 1.54) is 12.0 Å². The Morgan fingerprint density at radius 1 is 1.03 bits per heavy atom. The lowest BCUT2D eigenvalue weighted by Gasteiger charge is -2.40. The summed E-state index contributed by atoms with van der Waals surface area (Å²) in [6.07, 6.45) is 6.18. The Morgan fingerprint density at radius 3 is 2.38 bits per heavy atom. The van der Waals surface area contributed by atoms with Crippen molar-refractivity contribution in [1.29, 1.82) is 0 Å². The van der Waals surface area contributed by atoms with Crippen LogP contribution in [0, 0.1) is 0 Å². The number of sulfone groups is 1. The van der Waals surface area contributed by atoms with Gasteiger partial charge in [0.05, 0.1) is 18.1 Å². The van der Waals surface area contributed by atoms with Crippen LogP contribution in [0.2, 0.25) is 0 Å². The summed E-state index contributed by atoms with van der Waals surface area (Å²) in [5, 5.41) is 4.32. The highest BCUT2D eigenvalue weighted by Crippen LogP contribution is 2.28. The van der Waals surface area contributed by atoms with Crippen molar-refractivity contribution in [3.63, 3.8) is 0 Å². The van der Waals surface area contributed by atoms with Gasteiger partial charge in [-0.05, 0) is 41.7 Å². The molecule has 3 heterocycles. The van der Waals surface area contributed by atoms with Crippen LogP contribution in [0.3, 0.4) is 0 Å². The molecule has 6 nitrogen and oxygen atoms in total. The Morgan fingerprint density at radius 2 is 1.76 bits per heavy atom. The fourth-order valence-electron chi connectivity index (χ4n) is 5.08. The smallest absolute Gasteiger partial charge is 0.237 e. The minimum absolute atomic E-state index is 0.115. The molecular formula is C21H33N3O3S2. The summed E-state index contributed by atoms with van der Waals surface area (Å²) in [4.78, 5) is 20.0. The number of rotatable bonds is 6. The van der Waals surface area contributed by atoms with E-state index in [0.717, 1.165) is 58.4 Å². The Labute approximate surface area is 178 Å². The molecule has 0 bridgehead atoms. The second-order valence-electron chi connectivity index (χ2n) is 8.83. The third kappa shape index (κ3) is 5.60. The SMILES string of the molecule is O=C(CN1CCN(Cc2ccsc2)CC1)N(C1CCCCC1)[C@H]1CCS(=O)(=O)C1. The zero-order chi connectivity index (χ0) is 20.3. The van der Waals surface area contributed by atoms with Gasteiger partial charge in [-0.15, -0.1) is 0 Å². The molecule has 8 heteroatoms. The van der Waals surface area contributed by atoms with Crippen molar-refractivity contribution in [2.45, 2.75) is 57.2 Å². The van der Waals surface area contributed by atoms with Crippen LogP contribution in [0.1, 0.15) is 44.1 Å². The number of hydrogen-bond acceptors (Lipinski definition) is 6. The van der Waals surface area contributed by atoms with Gasteiger partial charge < -0.3 is 4.90 Å². The molecule has 3 aliphatic rings. The molecule has 162 valence electrons. The molecule has 1 aromatic rings. The van der Waals surface area contributed by atoms with Gasteiger partial charge in [-0.2, -0.15) is 11.3 Å². The molecule has 0 aromatic carbocycles. The van der Waals surface area contributed by atoms with Crippen LogP contribution in [0.5, 0.6) is 0 Å². The number of piperazine rings is 1. The van der Waals surface area contributed by atoms with Crippen LogP contribution in [-0.4, -0.2) is 85.3 Å². The van der Waals surface area contributed by atoms with E-state index in [4.69, 9.17) is 0 Å². The maximum absolute atomic E-state index is 13.3. The van der Waals surface area contributed by atoms with Crippen LogP contribution in [0.4, 0.5) is 0 Å².